The molecule has 0 heterocycles. The maximum atomic E-state index is 12.7. The average Bonchev–Trinajstić information content (AvgIpc) is 2.56. The summed E-state index contributed by atoms with van der Waals surface area (Å²) in [5, 5.41) is 11.7. The number of hydrogen-bond acceptors (Lipinski definition) is 2. The van der Waals surface area contributed by atoms with E-state index in [-0.39, 0.29) is 17.2 Å². The number of aryl methyl sites for hydroxylation is 1. The van der Waals surface area contributed by atoms with Crippen molar-refractivity contribution in [3.05, 3.63) is 53.6 Å². The Labute approximate surface area is 155 Å². The Hall–Kier alpha value is -2.70. The Morgan fingerprint density at radius 2 is 1.93 bits per heavy atom. The molecule has 0 saturated heterocycles. The van der Waals surface area contributed by atoms with Crippen LogP contribution in [-0.4, -0.2) is 17.6 Å². The summed E-state index contributed by atoms with van der Waals surface area (Å²) in [6, 6.07) is 10.9. The summed E-state index contributed by atoms with van der Waals surface area (Å²) in [6.07, 6.45) is -4.40. The summed E-state index contributed by atoms with van der Waals surface area (Å²) in [4.78, 5) is 11.2. The molecule has 1 amide bonds. The highest BCUT2D eigenvalue weighted by molar-refractivity contribution is 5.72. The minimum absolute atomic E-state index is 0.260. The minimum Gasteiger partial charge on any atom is -0.465 e. The number of halogens is 3. The molecule has 0 saturated carbocycles. The summed E-state index contributed by atoms with van der Waals surface area (Å²) in [6.45, 7) is 3.99. The molecule has 0 spiro atoms. The van der Waals surface area contributed by atoms with Crippen LogP contribution in [0, 0.1) is 5.41 Å². The molecule has 2 N–H and O–H groups in total. The summed E-state index contributed by atoms with van der Waals surface area (Å²) in [5.41, 5.74) is 2.45. The molecule has 144 valence electrons. The van der Waals surface area contributed by atoms with Crippen molar-refractivity contribution < 1.29 is 27.8 Å². The van der Waals surface area contributed by atoms with Gasteiger partial charge in [0.05, 0.1) is 6.04 Å². The maximum absolute atomic E-state index is 12.7. The van der Waals surface area contributed by atoms with E-state index >= 15 is 0 Å². The maximum Gasteiger partial charge on any atom is 0.573 e. The lowest BCUT2D eigenvalue weighted by Crippen LogP contribution is -2.40. The molecule has 1 aliphatic rings. The number of rotatable bonds is 3. The average molecular weight is 379 g/mol. The van der Waals surface area contributed by atoms with E-state index in [1.54, 1.807) is 24.3 Å². The smallest absolute Gasteiger partial charge is 0.465 e. The van der Waals surface area contributed by atoms with Crippen LogP contribution in [0.5, 0.6) is 5.75 Å². The molecular weight excluding hydrogens is 359 g/mol. The number of fused-ring (bicyclic) bond motifs is 1. The molecule has 0 aromatic heterocycles. The van der Waals surface area contributed by atoms with Gasteiger partial charge in [-0.15, -0.1) is 13.2 Å². The minimum atomic E-state index is -4.77. The highest BCUT2D eigenvalue weighted by Gasteiger charge is 2.37. The van der Waals surface area contributed by atoms with Gasteiger partial charge in [-0.3, -0.25) is 0 Å². The first kappa shape index (κ1) is 19.1. The lowest BCUT2D eigenvalue weighted by molar-refractivity contribution is -0.274. The predicted octanol–water partition coefficient (Wildman–Crippen LogP) is 5.53. The zero-order valence-electron chi connectivity index (χ0n) is 14.9. The van der Waals surface area contributed by atoms with E-state index in [4.69, 9.17) is 5.11 Å². The molecule has 3 rings (SSSR count). The van der Waals surface area contributed by atoms with Crippen molar-refractivity contribution in [1.29, 1.82) is 0 Å². The molecule has 2 aromatic carbocycles. The predicted molar refractivity (Wildman–Crippen MR) is 94.6 cm³/mol. The Bertz CT molecular complexity index is 862. The fourth-order valence-electron chi connectivity index (χ4n) is 3.61. The molecule has 0 fully saturated rings. The van der Waals surface area contributed by atoms with E-state index in [1.807, 2.05) is 19.9 Å². The fourth-order valence-corrected chi connectivity index (χ4v) is 3.61. The van der Waals surface area contributed by atoms with Gasteiger partial charge < -0.3 is 15.2 Å². The van der Waals surface area contributed by atoms with Gasteiger partial charge in [0, 0.05) is 5.56 Å². The number of benzene rings is 2. The van der Waals surface area contributed by atoms with Gasteiger partial charge >= 0.3 is 12.5 Å². The van der Waals surface area contributed by atoms with E-state index in [0.717, 1.165) is 24.0 Å². The Morgan fingerprint density at radius 1 is 1.22 bits per heavy atom. The van der Waals surface area contributed by atoms with Gasteiger partial charge in [0.2, 0.25) is 0 Å². The van der Waals surface area contributed by atoms with Crippen LogP contribution in [0.4, 0.5) is 18.0 Å². The second-order valence-electron chi connectivity index (χ2n) is 7.33. The van der Waals surface area contributed by atoms with Crippen LogP contribution in [0.15, 0.2) is 42.5 Å². The van der Waals surface area contributed by atoms with E-state index in [2.05, 4.69) is 10.1 Å². The van der Waals surface area contributed by atoms with Gasteiger partial charge in [-0.05, 0) is 41.0 Å². The van der Waals surface area contributed by atoms with Gasteiger partial charge in [-0.1, -0.05) is 50.2 Å². The standard InChI is InChI=1S/C20H20F3NO3/c1-19(2)10-9-13-11-12(7-8-15(13)17(19)24-18(25)26)14-5-3-4-6-16(14)27-20(21,22)23/h3-8,11,17,24H,9-10H2,1-2H3,(H,25,26). The third-order valence-electron chi connectivity index (χ3n) is 4.97. The largest absolute Gasteiger partial charge is 0.573 e. The first-order valence-electron chi connectivity index (χ1n) is 8.54. The van der Waals surface area contributed by atoms with Crippen LogP contribution in [0.3, 0.4) is 0 Å². The first-order chi connectivity index (χ1) is 12.6. The molecule has 0 aliphatic heterocycles. The lowest BCUT2D eigenvalue weighted by Gasteiger charge is -2.40. The fraction of sp³-hybridized carbons (Fsp3) is 0.350. The second kappa shape index (κ2) is 6.79. The number of amides is 1. The van der Waals surface area contributed by atoms with Crippen molar-refractivity contribution in [3.63, 3.8) is 0 Å². The van der Waals surface area contributed by atoms with Gasteiger partial charge in [-0.2, -0.15) is 0 Å². The van der Waals surface area contributed by atoms with Gasteiger partial charge in [0.25, 0.3) is 0 Å². The molecule has 0 radical (unpaired) electrons. The molecular formula is C20H20F3NO3. The van der Waals surface area contributed by atoms with Crippen LogP contribution in [0.1, 0.15) is 37.4 Å². The monoisotopic (exact) mass is 379 g/mol. The van der Waals surface area contributed by atoms with E-state index in [1.165, 1.54) is 12.1 Å². The van der Waals surface area contributed by atoms with Crippen molar-refractivity contribution in [2.75, 3.05) is 0 Å². The van der Waals surface area contributed by atoms with Gasteiger partial charge in [0.1, 0.15) is 5.75 Å². The summed E-state index contributed by atoms with van der Waals surface area (Å²) in [5.74, 6) is -0.263. The zero-order chi connectivity index (χ0) is 19.8. The number of carboxylic acid groups (broad SMARTS) is 1. The van der Waals surface area contributed by atoms with E-state index < -0.39 is 12.5 Å². The SMILES string of the molecule is CC1(C)CCc2cc(-c3ccccc3OC(F)(F)F)ccc2C1NC(=O)O. The molecule has 4 nitrogen and oxygen atoms in total. The Balaban J connectivity index is 2.02. The summed E-state index contributed by atoms with van der Waals surface area (Å²) >= 11 is 0. The van der Waals surface area contributed by atoms with Crippen LogP contribution in [-0.2, 0) is 6.42 Å². The second-order valence-corrected chi connectivity index (χ2v) is 7.33. The Kier molecular flexibility index (Phi) is 4.80. The molecule has 1 atom stereocenters. The molecule has 1 unspecified atom stereocenters. The van der Waals surface area contributed by atoms with Crippen LogP contribution < -0.4 is 10.1 Å². The molecule has 1 aliphatic carbocycles. The number of nitrogens with one attached hydrogen (secondary N) is 1. The first-order valence-corrected chi connectivity index (χ1v) is 8.54. The quantitative estimate of drug-likeness (QED) is 0.737. The third kappa shape index (κ3) is 4.18. The van der Waals surface area contributed by atoms with E-state index in [0.29, 0.717) is 11.1 Å². The van der Waals surface area contributed by atoms with Crippen molar-refractivity contribution in [2.45, 2.75) is 39.1 Å². The van der Waals surface area contributed by atoms with Crippen molar-refractivity contribution in [1.82, 2.24) is 5.32 Å². The number of para-hydroxylation sites is 1. The van der Waals surface area contributed by atoms with Gasteiger partial charge in [-0.25, -0.2) is 4.79 Å². The summed E-state index contributed by atoms with van der Waals surface area (Å²) in [7, 11) is 0. The molecule has 7 heteroatoms. The highest BCUT2D eigenvalue weighted by Crippen LogP contribution is 2.45. The number of hydrogen-bond donors (Lipinski definition) is 2. The lowest BCUT2D eigenvalue weighted by atomic mass is 9.70. The van der Waals surface area contributed by atoms with E-state index in [9.17, 15) is 18.0 Å². The molecule has 0 bridgehead atoms. The molecule has 27 heavy (non-hydrogen) atoms. The van der Waals surface area contributed by atoms with Crippen molar-refractivity contribution in [3.8, 4) is 16.9 Å². The number of ether oxygens (including phenoxy) is 1. The highest BCUT2D eigenvalue weighted by atomic mass is 19.4. The third-order valence-corrected chi connectivity index (χ3v) is 4.97. The normalized spacial score (nSPS) is 18.5. The Morgan fingerprint density at radius 3 is 2.59 bits per heavy atom. The van der Waals surface area contributed by atoms with Crippen molar-refractivity contribution in [2.24, 2.45) is 5.41 Å². The van der Waals surface area contributed by atoms with Crippen LogP contribution in [0.2, 0.25) is 0 Å². The summed E-state index contributed by atoms with van der Waals surface area (Å²) < 4.78 is 42.2. The van der Waals surface area contributed by atoms with Crippen LogP contribution >= 0.6 is 0 Å². The van der Waals surface area contributed by atoms with Crippen LogP contribution in [0.25, 0.3) is 11.1 Å². The van der Waals surface area contributed by atoms with Crippen molar-refractivity contribution >= 4 is 6.09 Å². The number of carbonyl (C=O) groups is 1. The molecule has 2 aromatic rings. The number of alkyl halides is 3. The van der Waals surface area contributed by atoms with Gasteiger partial charge in [0.15, 0.2) is 0 Å². The topological polar surface area (TPSA) is 58.6 Å². The zero-order valence-corrected chi connectivity index (χ0v) is 14.9.